The number of esters is 1. The number of ether oxygens (including phenoxy) is 1. The van der Waals surface area contributed by atoms with Crippen LogP contribution in [0.25, 0.3) is 0 Å². The standard InChI is InChI=1S/C18H24N2O4/c1-19-17(22)18(23)20-15-9-7-14(8-10-15)13-5-3-12(4-6-13)11-16(21)24-2/h7-10,12-13H,3-6,11H2,1-2H3,(H,19,22)(H,20,23). The van der Waals surface area contributed by atoms with Gasteiger partial charge in [0.25, 0.3) is 0 Å². The number of hydrogen-bond acceptors (Lipinski definition) is 4. The molecule has 2 N–H and O–H groups in total. The third-order valence-corrected chi connectivity index (χ3v) is 4.60. The van der Waals surface area contributed by atoms with Crippen molar-refractivity contribution >= 4 is 23.5 Å². The molecule has 1 fully saturated rings. The Morgan fingerprint density at radius 3 is 2.21 bits per heavy atom. The summed E-state index contributed by atoms with van der Waals surface area (Å²) in [5.41, 5.74) is 1.83. The molecule has 0 radical (unpaired) electrons. The van der Waals surface area contributed by atoms with E-state index in [1.54, 1.807) is 0 Å². The molecule has 1 aliphatic carbocycles. The SMILES string of the molecule is CNC(=O)C(=O)Nc1ccc(C2CCC(CC(=O)OC)CC2)cc1. The molecule has 2 rings (SSSR count). The number of hydrogen-bond donors (Lipinski definition) is 2. The van der Waals surface area contributed by atoms with E-state index in [2.05, 4.69) is 10.6 Å². The summed E-state index contributed by atoms with van der Waals surface area (Å²) in [6.07, 6.45) is 4.65. The molecule has 6 nitrogen and oxygen atoms in total. The molecular weight excluding hydrogens is 308 g/mol. The number of nitrogens with one attached hydrogen (secondary N) is 2. The van der Waals surface area contributed by atoms with E-state index in [1.165, 1.54) is 19.7 Å². The van der Waals surface area contributed by atoms with Crippen molar-refractivity contribution in [3.8, 4) is 0 Å². The van der Waals surface area contributed by atoms with E-state index >= 15 is 0 Å². The number of benzene rings is 1. The summed E-state index contributed by atoms with van der Waals surface area (Å²) in [5, 5.41) is 4.84. The lowest BCUT2D eigenvalue weighted by molar-refractivity contribution is -0.142. The fraction of sp³-hybridized carbons (Fsp3) is 0.500. The lowest BCUT2D eigenvalue weighted by Gasteiger charge is -2.28. The van der Waals surface area contributed by atoms with E-state index in [0.29, 0.717) is 23.9 Å². The van der Waals surface area contributed by atoms with Gasteiger partial charge in [0.15, 0.2) is 0 Å². The van der Waals surface area contributed by atoms with Crippen molar-refractivity contribution in [1.29, 1.82) is 0 Å². The minimum atomic E-state index is -0.673. The van der Waals surface area contributed by atoms with Gasteiger partial charge in [0.1, 0.15) is 0 Å². The first-order valence-electron chi connectivity index (χ1n) is 8.23. The molecule has 0 atom stereocenters. The third-order valence-electron chi connectivity index (χ3n) is 4.60. The van der Waals surface area contributed by atoms with Gasteiger partial charge in [0.05, 0.1) is 7.11 Å². The quantitative estimate of drug-likeness (QED) is 0.654. The van der Waals surface area contributed by atoms with Crippen molar-refractivity contribution in [2.75, 3.05) is 19.5 Å². The normalized spacial score (nSPS) is 20.1. The maximum Gasteiger partial charge on any atom is 0.313 e. The van der Waals surface area contributed by atoms with Crippen LogP contribution in [0.1, 0.15) is 43.6 Å². The van der Waals surface area contributed by atoms with E-state index in [4.69, 9.17) is 4.74 Å². The summed E-state index contributed by atoms with van der Waals surface area (Å²) in [6, 6.07) is 7.61. The summed E-state index contributed by atoms with van der Waals surface area (Å²) >= 11 is 0. The zero-order valence-corrected chi connectivity index (χ0v) is 14.1. The Balaban J connectivity index is 1.87. The van der Waals surface area contributed by atoms with E-state index in [0.717, 1.165) is 25.7 Å². The maximum absolute atomic E-state index is 11.5. The fourth-order valence-corrected chi connectivity index (χ4v) is 3.16. The molecule has 0 spiro atoms. The molecule has 0 aliphatic heterocycles. The van der Waals surface area contributed by atoms with Gasteiger partial charge in [-0.15, -0.1) is 0 Å². The Bertz CT molecular complexity index is 590. The molecule has 0 aromatic heterocycles. The van der Waals surface area contributed by atoms with Crippen LogP contribution in [-0.2, 0) is 19.1 Å². The number of carbonyl (C=O) groups is 3. The zero-order valence-electron chi connectivity index (χ0n) is 14.1. The summed E-state index contributed by atoms with van der Waals surface area (Å²) in [6.45, 7) is 0. The average Bonchev–Trinajstić information content (AvgIpc) is 2.62. The lowest BCUT2D eigenvalue weighted by atomic mass is 9.77. The summed E-state index contributed by atoms with van der Waals surface area (Å²) < 4.78 is 4.73. The molecule has 0 bridgehead atoms. The number of likely N-dealkylation sites (N-methyl/N-ethyl adjacent to an activating group) is 1. The first-order valence-corrected chi connectivity index (χ1v) is 8.23. The molecule has 1 saturated carbocycles. The Morgan fingerprint density at radius 1 is 1.04 bits per heavy atom. The van der Waals surface area contributed by atoms with Gasteiger partial charge in [-0.2, -0.15) is 0 Å². The van der Waals surface area contributed by atoms with Crippen LogP contribution in [0.4, 0.5) is 5.69 Å². The van der Waals surface area contributed by atoms with Crippen molar-refractivity contribution in [3.63, 3.8) is 0 Å². The third kappa shape index (κ3) is 4.81. The second-order valence-corrected chi connectivity index (χ2v) is 6.15. The monoisotopic (exact) mass is 332 g/mol. The largest absolute Gasteiger partial charge is 0.469 e. The molecule has 1 aromatic rings. The van der Waals surface area contributed by atoms with Crippen LogP contribution >= 0.6 is 0 Å². The Kier molecular flexibility index (Phi) is 6.35. The Labute approximate surface area is 142 Å². The van der Waals surface area contributed by atoms with Crippen LogP contribution in [0, 0.1) is 5.92 Å². The Morgan fingerprint density at radius 2 is 1.67 bits per heavy atom. The molecule has 0 unspecified atom stereocenters. The highest BCUT2D eigenvalue weighted by Crippen LogP contribution is 2.37. The Hall–Kier alpha value is -2.37. The maximum atomic E-state index is 11.5. The molecule has 1 aromatic carbocycles. The van der Waals surface area contributed by atoms with Crippen molar-refractivity contribution in [2.24, 2.45) is 5.92 Å². The molecular formula is C18H24N2O4. The average molecular weight is 332 g/mol. The minimum absolute atomic E-state index is 0.130. The molecule has 0 heterocycles. The summed E-state index contributed by atoms with van der Waals surface area (Å²) in [5.74, 6) is -0.575. The summed E-state index contributed by atoms with van der Waals surface area (Å²) in [4.78, 5) is 34.1. The number of amides is 2. The highest BCUT2D eigenvalue weighted by Gasteiger charge is 2.24. The predicted octanol–water partition coefficient (Wildman–Crippen LogP) is 2.21. The molecule has 2 amide bonds. The highest BCUT2D eigenvalue weighted by atomic mass is 16.5. The van der Waals surface area contributed by atoms with Gasteiger partial charge in [-0.25, -0.2) is 0 Å². The second kappa shape index (κ2) is 8.47. The van der Waals surface area contributed by atoms with Crippen LogP contribution < -0.4 is 10.6 Å². The fourth-order valence-electron chi connectivity index (χ4n) is 3.16. The molecule has 130 valence electrons. The molecule has 1 aliphatic rings. The topological polar surface area (TPSA) is 84.5 Å². The first kappa shape index (κ1) is 18.0. The predicted molar refractivity (Wildman–Crippen MR) is 90.5 cm³/mol. The van der Waals surface area contributed by atoms with Gasteiger partial charge in [0, 0.05) is 19.2 Å². The summed E-state index contributed by atoms with van der Waals surface area (Å²) in [7, 11) is 2.85. The van der Waals surface area contributed by atoms with Crippen LogP contribution in [0.5, 0.6) is 0 Å². The van der Waals surface area contributed by atoms with Crippen molar-refractivity contribution in [2.45, 2.75) is 38.0 Å². The first-order chi connectivity index (χ1) is 11.5. The van der Waals surface area contributed by atoms with Crippen molar-refractivity contribution in [1.82, 2.24) is 5.32 Å². The van der Waals surface area contributed by atoms with Gasteiger partial charge < -0.3 is 15.4 Å². The van der Waals surface area contributed by atoms with E-state index < -0.39 is 11.8 Å². The number of rotatable bonds is 4. The second-order valence-electron chi connectivity index (χ2n) is 6.15. The van der Waals surface area contributed by atoms with Crippen LogP contribution in [0.15, 0.2) is 24.3 Å². The van der Waals surface area contributed by atoms with Crippen molar-refractivity contribution in [3.05, 3.63) is 29.8 Å². The van der Waals surface area contributed by atoms with Gasteiger partial charge >= 0.3 is 17.8 Å². The van der Waals surface area contributed by atoms with Gasteiger partial charge in [-0.05, 0) is 55.2 Å². The molecule has 6 heteroatoms. The number of anilines is 1. The number of methoxy groups -OCH3 is 1. The van der Waals surface area contributed by atoms with E-state index in [9.17, 15) is 14.4 Å². The lowest BCUT2D eigenvalue weighted by Crippen LogP contribution is -2.32. The molecule has 24 heavy (non-hydrogen) atoms. The minimum Gasteiger partial charge on any atom is -0.469 e. The van der Waals surface area contributed by atoms with Crippen molar-refractivity contribution < 1.29 is 19.1 Å². The van der Waals surface area contributed by atoms with E-state index in [1.807, 2.05) is 24.3 Å². The smallest absolute Gasteiger partial charge is 0.313 e. The van der Waals surface area contributed by atoms with Crippen LogP contribution in [0.3, 0.4) is 0 Å². The molecule has 0 saturated heterocycles. The van der Waals surface area contributed by atoms with E-state index in [-0.39, 0.29) is 5.97 Å². The van der Waals surface area contributed by atoms with Crippen LogP contribution in [0.2, 0.25) is 0 Å². The highest BCUT2D eigenvalue weighted by molar-refractivity contribution is 6.39. The van der Waals surface area contributed by atoms with Gasteiger partial charge in [-0.3, -0.25) is 14.4 Å². The van der Waals surface area contributed by atoms with Gasteiger partial charge in [0.2, 0.25) is 0 Å². The number of carbonyl (C=O) groups excluding carboxylic acids is 3. The zero-order chi connectivity index (χ0) is 17.5. The van der Waals surface area contributed by atoms with Crippen LogP contribution in [-0.4, -0.2) is 31.9 Å². The van der Waals surface area contributed by atoms with Gasteiger partial charge in [-0.1, -0.05) is 12.1 Å².